The molecule has 2 aromatic carbocycles. The van der Waals surface area contributed by atoms with Gasteiger partial charge in [-0.1, -0.05) is 23.8 Å². The van der Waals surface area contributed by atoms with Crippen LogP contribution in [0.25, 0.3) is 0 Å². The van der Waals surface area contributed by atoms with Gasteiger partial charge in [0.1, 0.15) is 5.82 Å². The fourth-order valence-electron chi connectivity index (χ4n) is 2.06. The largest absolute Gasteiger partial charge is 0.370 e. The Kier molecular flexibility index (Phi) is 7.31. The molecule has 0 unspecified atom stereocenters. The zero-order chi connectivity index (χ0) is 15.2. The standard InChI is InChI=1S/C17H20FN3.HI/c1-12-3-7-16(8-4-12)21-17(19)20-10-9-14-5-6-15(18)11-13(14)2;/h3-8,11H,9-10H2,1-2H3,(H3,19,20,21);1H. The summed E-state index contributed by atoms with van der Waals surface area (Å²) in [5, 5.41) is 3.05. The Labute approximate surface area is 147 Å². The summed E-state index contributed by atoms with van der Waals surface area (Å²) in [6.45, 7) is 4.50. The Morgan fingerprint density at radius 3 is 2.45 bits per heavy atom. The lowest BCUT2D eigenvalue weighted by Gasteiger charge is -2.07. The lowest BCUT2D eigenvalue weighted by molar-refractivity contribution is 0.625. The number of benzene rings is 2. The molecule has 0 fully saturated rings. The summed E-state index contributed by atoms with van der Waals surface area (Å²) in [5.41, 5.74) is 9.99. The Balaban J connectivity index is 0.00000242. The maximum atomic E-state index is 13.0. The highest BCUT2D eigenvalue weighted by Gasteiger charge is 2.00. The van der Waals surface area contributed by atoms with E-state index in [-0.39, 0.29) is 29.8 Å². The maximum Gasteiger partial charge on any atom is 0.193 e. The van der Waals surface area contributed by atoms with Gasteiger partial charge < -0.3 is 11.1 Å². The fourth-order valence-corrected chi connectivity index (χ4v) is 2.06. The van der Waals surface area contributed by atoms with Crippen molar-refractivity contribution in [3.63, 3.8) is 0 Å². The number of guanidine groups is 1. The van der Waals surface area contributed by atoms with Crippen molar-refractivity contribution in [3.05, 3.63) is 65.0 Å². The van der Waals surface area contributed by atoms with Gasteiger partial charge in [0.05, 0.1) is 0 Å². The van der Waals surface area contributed by atoms with Crippen LogP contribution in [0.2, 0.25) is 0 Å². The van der Waals surface area contributed by atoms with Crippen LogP contribution in [0.5, 0.6) is 0 Å². The van der Waals surface area contributed by atoms with E-state index in [4.69, 9.17) is 5.73 Å². The highest BCUT2D eigenvalue weighted by Crippen LogP contribution is 2.11. The lowest BCUT2D eigenvalue weighted by Crippen LogP contribution is -2.23. The Morgan fingerprint density at radius 2 is 1.82 bits per heavy atom. The summed E-state index contributed by atoms with van der Waals surface area (Å²) in [6.07, 6.45) is 0.738. The van der Waals surface area contributed by atoms with Crippen LogP contribution in [-0.4, -0.2) is 12.5 Å². The van der Waals surface area contributed by atoms with Gasteiger partial charge >= 0.3 is 0 Å². The van der Waals surface area contributed by atoms with E-state index in [1.807, 2.05) is 38.1 Å². The number of nitrogens with zero attached hydrogens (tertiary/aromatic N) is 1. The summed E-state index contributed by atoms with van der Waals surface area (Å²) in [5.74, 6) is 0.180. The van der Waals surface area contributed by atoms with Gasteiger partial charge in [-0.2, -0.15) is 0 Å². The molecule has 0 saturated heterocycles. The molecule has 0 bridgehead atoms. The first-order valence-corrected chi connectivity index (χ1v) is 6.93. The van der Waals surface area contributed by atoms with Gasteiger partial charge in [0, 0.05) is 12.2 Å². The van der Waals surface area contributed by atoms with Crippen LogP contribution in [0.1, 0.15) is 16.7 Å². The smallest absolute Gasteiger partial charge is 0.193 e. The number of aliphatic imine (C=N–C) groups is 1. The summed E-state index contributed by atoms with van der Waals surface area (Å²) >= 11 is 0. The Bertz CT molecular complexity index is 639. The first kappa shape index (κ1) is 18.4. The average Bonchev–Trinajstić information content (AvgIpc) is 2.44. The fraction of sp³-hybridized carbons (Fsp3) is 0.235. The minimum absolute atomic E-state index is 0. The van der Waals surface area contributed by atoms with Crippen LogP contribution in [0.15, 0.2) is 47.5 Å². The summed E-state index contributed by atoms with van der Waals surface area (Å²) < 4.78 is 13.0. The van der Waals surface area contributed by atoms with Crippen molar-refractivity contribution < 1.29 is 4.39 Å². The number of hydrogen-bond donors (Lipinski definition) is 2. The molecular weight excluding hydrogens is 392 g/mol. The Morgan fingerprint density at radius 1 is 1.14 bits per heavy atom. The molecule has 118 valence electrons. The molecule has 0 aromatic heterocycles. The van der Waals surface area contributed by atoms with Gasteiger partial charge in [0.2, 0.25) is 0 Å². The molecule has 0 heterocycles. The van der Waals surface area contributed by atoms with Crippen LogP contribution in [0, 0.1) is 19.7 Å². The van der Waals surface area contributed by atoms with Gasteiger partial charge in [-0.05, 0) is 55.7 Å². The second-order valence-corrected chi connectivity index (χ2v) is 5.08. The van der Waals surface area contributed by atoms with Crippen LogP contribution in [0.4, 0.5) is 10.1 Å². The molecule has 2 rings (SSSR count). The number of hydrogen-bond acceptors (Lipinski definition) is 1. The monoisotopic (exact) mass is 413 g/mol. The highest BCUT2D eigenvalue weighted by molar-refractivity contribution is 14.0. The van der Waals surface area contributed by atoms with Crippen molar-refractivity contribution in [2.45, 2.75) is 20.3 Å². The molecule has 0 aliphatic carbocycles. The first-order chi connectivity index (χ1) is 10.0. The number of nitrogens with one attached hydrogen (secondary N) is 1. The topological polar surface area (TPSA) is 50.4 Å². The van der Waals surface area contributed by atoms with E-state index in [2.05, 4.69) is 10.3 Å². The van der Waals surface area contributed by atoms with Crippen molar-refractivity contribution in [1.82, 2.24) is 0 Å². The van der Waals surface area contributed by atoms with Crippen LogP contribution < -0.4 is 11.1 Å². The van der Waals surface area contributed by atoms with E-state index in [0.29, 0.717) is 12.5 Å². The molecule has 0 radical (unpaired) electrons. The third-order valence-electron chi connectivity index (χ3n) is 3.29. The predicted octanol–water partition coefficient (Wildman–Crippen LogP) is 4.03. The quantitative estimate of drug-likeness (QED) is 0.452. The zero-order valence-electron chi connectivity index (χ0n) is 12.8. The minimum Gasteiger partial charge on any atom is -0.370 e. The second-order valence-electron chi connectivity index (χ2n) is 5.08. The Hall–Kier alpha value is -1.63. The predicted molar refractivity (Wildman–Crippen MR) is 102 cm³/mol. The average molecular weight is 413 g/mol. The van der Waals surface area contributed by atoms with Crippen LogP contribution >= 0.6 is 24.0 Å². The molecule has 0 spiro atoms. The molecule has 0 aliphatic rings. The van der Waals surface area contributed by atoms with Crippen molar-refractivity contribution in [2.75, 3.05) is 11.9 Å². The van der Waals surface area contributed by atoms with Crippen molar-refractivity contribution in [2.24, 2.45) is 10.7 Å². The number of aryl methyl sites for hydroxylation is 2. The number of anilines is 1. The maximum absolute atomic E-state index is 13.0. The molecule has 5 heteroatoms. The summed E-state index contributed by atoms with van der Waals surface area (Å²) in [7, 11) is 0. The van der Waals surface area contributed by atoms with Crippen LogP contribution in [0.3, 0.4) is 0 Å². The second kappa shape index (κ2) is 8.73. The lowest BCUT2D eigenvalue weighted by atomic mass is 10.1. The van der Waals surface area contributed by atoms with E-state index in [1.54, 1.807) is 6.07 Å². The van der Waals surface area contributed by atoms with Crippen molar-refractivity contribution in [1.29, 1.82) is 0 Å². The third kappa shape index (κ3) is 5.63. The normalized spacial score (nSPS) is 11.0. The van der Waals surface area contributed by atoms with Crippen LogP contribution in [-0.2, 0) is 6.42 Å². The number of nitrogens with two attached hydrogens (primary N) is 1. The SMILES string of the molecule is Cc1ccc(NC(N)=NCCc2ccc(F)cc2C)cc1.I. The molecule has 0 atom stereocenters. The highest BCUT2D eigenvalue weighted by atomic mass is 127. The first-order valence-electron chi connectivity index (χ1n) is 6.93. The molecule has 0 aliphatic heterocycles. The number of halogens is 2. The molecular formula is C17H21FIN3. The summed E-state index contributed by atoms with van der Waals surface area (Å²) in [6, 6.07) is 12.7. The van der Waals surface area contributed by atoms with E-state index < -0.39 is 0 Å². The van der Waals surface area contributed by atoms with E-state index >= 15 is 0 Å². The molecule has 22 heavy (non-hydrogen) atoms. The van der Waals surface area contributed by atoms with E-state index in [9.17, 15) is 4.39 Å². The van der Waals surface area contributed by atoms with Gasteiger partial charge in [-0.25, -0.2) is 4.39 Å². The van der Waals surface area contributed by atoms with E-state index in [1.165, 1.54) is 17.7 Å². The van der Waals surface area contributed by atoms with Gasteiger partial charge in [-0.15, -0.1) is 24.0 Å². The van der Waals surface area contributed by atoms with Gasteiger partial charge in [0.15, 0.2) is 5.96 Å². The molecule has 0 amide bonds. The molecule has 3 N–H and O–H groups in total. The molecule has 0 saturated carbocycles. The molecule has 3 nitrogen and oxygen atoms in total. The third-order valence-corrected chi connectivity index (χ3v) is 3.29. The molecule has 2 aromatic rings. The van der Waals surface area contributed by atoms with Gasteiger partial charge in [0.25, 0.3) is 0 Å². The summed E-state index contributed by atoms with van der Waals surface area (Å²) in [4.78, 5) is 4.29. The van der Waals surface area contributed by atoms with Crippen molar-refractivity contribution in [3.8, 4) is 0 Å². The zero-order valence-corrected chi connectivity index (χ0v) is 15.1. The van der Waals surface area contributed by atoms with Crippen molar-refractivity contribution >= 4 is 35.6 Å². The van der Waals surface area contributed by atoms with E-state index in [0.717, 1.165) is 23.2 Å². The van der Waals surface area contributed by atoms with Gasteiger partial charge in [-0.3, -0.25) is 4.99 Å². The minimum atomic E-state index is -0.208. The number of rotatable bonds is 4.